The van der Waals surface area contributed by atoms with Gasteiger partial charge in [-0.1, -0.05) is 47.5 Å². The molecule has 2 atom stereocenters. The van der Waals surface area contributed by atoms with Crippen molar-refractivity contribution in [1.29, 1.82) is 0 Å². The van der Waals surface area contributed by atoms with Crippen LogP contribution in [-0.4, -0.2) is 6.67 Å². The third-order valence-corrected chi connectivity index (χ3v) is 4.49. The maximum atomic E-state index is 5.98. The van der Waals surface area contributed by atoms with Crippen molar-refractivity contribution in [1.82, 2.24) is 10.6 Å². The number of benzene rings is 2. The van der Waals surface area contributed by atoms with Crippen LogP contribution in [0.1, 0.15) is 24.1 Å². The van der Waals surface area contributed by atoms with Crippen LogP contribution in [0.2, 0.25) is 10.0 Å². The molecule has 104 valence electrons. The first-order valence-electron chi connectivity index (χ1n) is 6.59. The minimum atomic E-state index is -0.168. The SMILES string of the molecule is CC1(c2ccc(Cl)cc2)NCNC1c1ccc(Cl)cc1. The van der Waals surface area contributed by atoms with Gasteiger partial charge in [0.25, 0.3) is 0 Å². The standard InChI is InChI=1S/C16H16Cl2N2/c1-16(12-4-8-14(18)9-5-12)15(19-10-20-16)11-2-6-13(17)7-3-11/h2-9,15,19-20H,10H2,1H3. The van der Waals surface area contributed by atoms with Gasteiger partial charge in [0.05, 0.1) is 11.6 Å². The zero-order valence-corrected chi connectivity index (χ0v) is 12.7. The van der Waals surface area contributed by atoms with Gasteiger partial charge in [0.1, 0.15) is 0 Å². The Kier molecular flexibility index (Phi) is 3.74. The number of rotatable bonds is 2. The van der Waals surface area contributed by atoms with Crippen molar-refractivity contribution in [3.63, 3.8) is 0 Å². The highest BCUT2D eigenvalue weighted by Gasteiger charge is 2.40. The first-order chi connectivity index (χ1) is 9.59. The molecule has 3 rings (SSSR count). The topological polar surface area (TPSA) is 24.1 Å². The van der Waals surface area contributed by atoms with E-state index >= 15 is 0 Å². The Hall–Kier alpha value is -1.06. The van der Waals surface area contributed by atoms with E-state index in [9.17, 15) is 0 Å². The first-order valence-corrected chi connectivity index (χ1v) is 7.35. The molecule has 2 N–H and O–H groups in total. The smallest absolute Gasteiger partial charge is 0.0613 e. The Bertz CT molecular complexity index is 595. The summed E-state index contributed by atoms with van der Waals surface area (Å²) in [5.74, 6) is 0. The number of nitrogens with one attached hydrogen (secondary N) is 2. The van der Waals surface area contributed by atoms with Gasteiger partial charge in [0.15, 0.2) is 0 Å². The summed E-state index contributed by atoms with van der Waals surface area (Å²) in [7, 11) is 0. The molecule has 1 aliphatic heterocycles. The Morgan fingerprint density at radius 3 is 2.10 bits per heavy atom. The van der Waals surface area contributed by atoms with E-state index in [0.717, 1.165) is 16.7 Å². The third kappa shape index (κ3) is 2.45. The molecule has 1 fully saturated rings. The van der Waals surface area contributed by atoms with Gasteiger partial charge in [-0.2, -0.15) is 0 Å². The molecule has 0 bridgehead atoms. The van der Waals surface area contributed by atoms with Crippen LogP contribution in [0.15, 0.2) is 48.5 Å². The Morgan fingerprint density at radius 1 is 0.950 bits per heavy atom. The van der Waals surface area contributed by atoms with Crippen LogP contribution in [0, 0.1) is 0 Å². The molecule has 4 heteroatoms. The normalized spacial score (nSPS) is 25.9. The van der Waals surface area contributed by atoms with Gasteiger partial charge in [0.2, 0.25) is 0 Å². The van der Waals surface area contributed by atoms with Gasteiger partial charge < -0.3 is 0 Å². The Balaban J connectivity index is 1.98. The molecule has 2 aromatic carbocycles. The molecule has 20 heavy (non-hydrogen) atoms. The van der Waals surface area contributed by atoms with Crippen LogP contribution in [0.3, 0.4) is 0 Å². The van der Waals surface area contributed by atoms with E-state index < -0.39 is 0 Å². The summed E-state index contributed by atoms with van der Waals surface area (Å²) in [6.07, 6.45) is 0. The summed E-state index contributed by atoms with van der Waals surface area (Å²) in [6.45, 7) is 2.97. The van der Waals surface area contributed by atoms with Crippen molar-refractivity contribution < 1.29 is 0 Å². The second-order valence-electron chi connectivity index (χ2n) is 5.25. The maximum Gasteiger partial charge on any atom is 0.0613 e. The second-order valence-corrected chi connectivity index (χ2v) is 6.12. The Labute approximate surface area is 129 Å². The minimum Gasteiger partial charge on any atom is -0.296 e. The van der Waals surface area contributed by atoms with Gasteiger partial charge in [-0.3, -0.25) is 10.6 Å². The van der Waals surface area contributed by atoms with E-state index in [1.807, 2.05) is 24.3 Å². The van der Waals surface area contributed by atoms with Crippen LogP contribution in [-0.2, 0) is 5.54 Å². The van der Waals surface area contributed by atoms with Crippen molar-refractivity contribution in [2.45, 2.75) is 18.5 Å². The molecule has 0 aliphatic carbocycles. The first kappa shape index (κ1) is 13.9. The Morgan fingerprint density at radius 2 is 1.50 bits per heavy atom. The van der Waals surface area contributed by atoms with Crippen LogP contribution >= 0.6 is 23.2 Å². The fraction of sp³-hybridized carbons (Fsp3) is 0.250. The molecule has 0 aromatic heterocycles. The second kappa shape index (κ2) is 5.38. The lowest BCUT2D eigenvalue weighted by molar-refractivity contribution is 0.375. The van der Waals surface area contributed by atoms with Crippen LogP contribution in [0.4, 0.5) is 0 Å². The average molecular weight is 307 g/mol. The number of hydrogen-bond acceptors (Lipinski definition) is 2. The predicted octanol–water partition coefficient (Wildman–Crippen LogP) is 4.10. The highest BCUT2D eigenvalue weighted by atomic mass is 35.5. The van der Waals surface area contributed by atoms with E-state index in [2.05, 4.69) is 41.8 Å². The third-order valence-electron chi connectivity index (χ3n) is 3.99. The molecular formula is C16H16Cl2N2. The molecule has 2 unspecified atom stereocenters. The predicted molar refractivity (Wildman–Crippen MR) is 84.1 cm³/mol. The van der Waals surface area contributed by atoms with Crippen molar-refractivity contribution in [3.8, 4) is 0 Å². The van der Waals surface area contributed by atoms with Crippen molar-refractivity contribution in [3.05, 3.63) is 69.7 Å². The molecule has 1 aliphatic rings. The molecule has 2 aromatic rings. The van der Waals surface area contributed by atoms with Crippen LogP contribution < -0.4 is 10.6 Å². The molecule has 2 nitrogen and oxygen atoms in total. The highest BCUT2D eigenvalue weighted by Crippen LogP contribution is 2.38. The van der Waals surface area contributed by atoms with Gasteiger partial charge >= 0.3 is 0 Å². The molecule has 0 saturated carbocycles. The summed E-state index contributed by atoms with van der Waals surface area (Å²) in [5.41, 5.74) is 2.27. The molecule has 0 radical (unpaired) electrons. The zero-order chi connectivity index (χ0) is 14.2. The van der Waals surface area contributed by atoms with E-state index in [1.165, 1.54) is 11.1 Å². The largest absolute Gasteiger partial charge is 0.296 e. The molecule has 0 spiro atoms. The minimum absolute atomic E-state index is 0.168. The fourth-order valence-corrected chi connectivity index (χ4v) is 3.07. The quantitative estimate of drug-likeness (QED) is 0.873. The summed E-state index contributed by atoms with van der Waals surface area (Å²) >= 11 is 12.0. The van der Waals surface area contributed by atoms with Gasteiger partial charge in [-0.15, -0.1) is 0 Å². The molecule has 1 heterocycles. The molecule has 0 amide bonds. The van der Waals surface area contributed by atoms with Crippen molar-refractivity contribution in [2.75, 3.05) is 6.67 Å². The van der Waals surface area contributed by atoms with E-state index in [-0.39, 0.29) is 11.6 Å². The zero-order valence-electron chi connectivity index (χ0n) is 11.2. The number of hydrogen-bond donors (Lipinski definition) is 2. The molecule has 1 saturated heterocycles. The fourth-order valence-electron chi connectivity index (χ4n) is 2.81. The monoisotopic (exact) mass is 306 g/mol. The molecular weight excluding hydrogens is 291 g/mol. The van der Waals surface area contributed by atoms with Crippen LogP contribution in [0.25, 0.3) is 0 Å². The lowest BCUT2D eigenvalue weighted by Gasteiger charge is -2.32. The van der Waals surface area contributed by atoms with Gasteiger partial charge in [0, 0.05) is 16.7 Å². The van der Waals surface area contributed by atoms with E-state index in [1.54, 1.807) is 0 Å². The lowest BCUT2D eigenvalue weighted by atomic mass is 9.82. The summed E-state index contributed by atoms with van der Waals surface area (Å²) < 4.78 is 0. The summed E-state index contributed by atoms with van der Waals surface area (Å²) in [6, 6.07) is 16.2. The van der Waals surface area contributed by atoms with Crippen molar-refractivity contribution in [2.24, 2.45) is 0 Å². The average Bonchev–Trinajstić information content (AvgIpc) is 2.84. The summed E-state index contributed by atoms with van der Waals surface area (Å²) in [4.78, 5) is 0. The summed E-state index contributed by atoms with van der Waals surface area (Å²) in [5, 5.41) is 8.57. The van der Waals surface area contributed by atoms with E-state index in [4.69, 9.17) is 23.2 Å². The van der Waals surface area contributed by atoms with Crippen LogP contribution in [0.5, 0.6) is 0 Å². The van der Waals surface area contributed by atoms with Gasteiger partial charge in [-0.25, -0.2) is 0 Å². The highest BCUT2D eigenvalue weighted by molar-refractivity contribution is 6.30. The van der Waals surface area contributed by atoms with Crippen molar-refractivity contribution >= 4 is 23.2 Å². The lowest BCUT2D eigenvalue weighted by Crippen LogP contribution is -2.38. The maximum absolute atomic E-state index is 5.98. The van der Waals surface area contributed by atoms with E-state index in [0.29, 0.717) is 0 Å². The number of halogens is 2. The van der Waals surface area contributed by atoms with Gasteiger partial charge in [-0.05, 0) is 42.3 Å².